The van der Waals surface area contributed by atoms with E-state index in [1.807, 2.05) is 12.1 Å². The summed E-state index contributed by atoms with van der Waals surface area (Å²) in [6.07, 6.45) is 0. The van der Waals surface area contributed by atoms with Gasteiger partial charge in [-0.25, -0.2) is 0 Å². The molecule has 0 atom stereocenters. The highest BCUT2D eigenvalue weighted by atomic mass is 16.5. The van der Waals surface area contributed by atoms with Gasteiger partial charge in [-0.05, 0) is 19.1 Å². The second-order valence-corrected chi connectivity index (χ2v) is 7.32. The molecule has 3 rings (SSSR count). The van der Waals surface area contributed by atoms with Gasteiger partial charge < -0.3 is 14.3 Å². The standard InChI is InChI=1S/C17H23N5O2/c1-11-8-13(20-24-11)16(23)21(5)12-9-22(10-12)15-7-6-14(18-19-15)17(2,3)4/h6-8,12H,9-10H2,1-5H3. The number of hydrogen-bond donors (Lipinski definition) is 0. The van der Waals surface area contributed by atoms with E-state index in [-0.39, 0.29) is 17.4 Å². The van der Waals surface area contributed by atoms with Crippen molar-refractivity contribution in [3.05, 3.63) is 35.3 Å². The van der Waals surface area contributed by atoms with Gasteiger partial charge in [0, 0.05) is 31.6 Å². The van der Waals surface area contributed by atoms with E-state index >= 15 is 0 Å². The number of aryl methyl sites for hydroxylation is 1. The van der Waals surface area contributed by atoms with Crippen molar-refractivity contribution in [3.8, 4) is 0 Å². The first-order chi connectivity index (χ1) is 11.3. The van der Waals surface area contributed by atoms with Crippen LogP contribution in [0.1, 0.15) is 42.7 Å². The first-order valence-corrected chi connectivity index (χ1v) is 8.05. The molecular formula is C17H23N5O2. The fourth-order valence-electron chi connectivity index (χ4n) is 2.59. The van der Waals surface area contributed by atoms with Crippen LogP contribution in [0, 0.1) is 6.92 Å². The lowest BCUT2D eigenvalue weighted by Gasteiger charge is -2.44. The Morgan fingerprint density at radius 1 is 1.29 bits per heavy atom. The maximum absolute atomic E-state index is 12.3. The third kappa shape index (κ3) is 3.11. The van der Waals surface area contributed by atoms with Gasteiger partial charge in [0.2, 0.25) is 0 Å². The van der Waals surface area contributed by atoms with Crippen molar-refractivity contribution in [2.24, 2.45) is 0 Å². The van der Waals surface area contributed by atoms with E-state index in [1.165, 1.54) is 0 Å². The Labute approximate surface area is 141 Å². The molecule has 0 spiro atoms. The number of carbonyl (C=O) groups excluding carboxylic acids is 1. The van der Waals surface area contributed by atoms with Crippen LogP contribution in [0.4, 0.5) is 5.82 Å². The zero-order valence-corrected chi connectivity index (χ0v) is 14.8. The molecule has 0 aliphatic carbocycles. The van der Waals surface area contributed by atoms with Gasteiger partial charge in [-0.3, -0.25) is 4.79 Å². The summed E-state index contributed by atoms with van der Waals surface area (Å²) in [5.74, 6) is 1.36. The Morgan fingerprint density at radius 3 is 2.50 bits per heavy atom. The molecule has 1 amide bonds. The van der Waals surface area contributed by atoms with Crippen LogP contribution >= 0.6 is 0 Å². The zero-order valence-electron chi connectivity index (χ0n) is 14.8. The molecule has 128 valence electrons. The molecule has 0 saturated carbocycles. The Bertz CT molecular complexity index is 726. The molecule has 1 saturated heterocycles. The number of likely N-dealkylation sites (N-methyl/N-ethyl adjacent to an activating group) is 1. The fourth-order valence-corrected chi connectivity index (χ4v) is 2.59. The molecule has 1 aliphatic heterocycles. The fraction of sp³-hybridized carbons (Fsp3) is 0.529. The Kier molecular flexibility index (Phi) is 4.03. The van der Waals surface area contributed by atoms with Gasteiger partial charge in [0.25, 0.3) is 5.91 Å². The summed E-state index contributed by atoms with van der Waals surface area (Å²) < 4.78 is 4.97. The number of anilines is 1. The second-order valence-electron chi connectivity index (χ2n) is 7.32. The van der Waals surface area contributed by atoms with Crippen molar-refractivity contribution in [1.29, 1.82) is 0 Å². The van der Waals surface area contributed by atoms with Crippen molar-refractivity contribution in [1.82, 2.24) is 20.3 Å². The largest absolute Gasteiger partial charge is 0.361 e. The topological polar surface area (TPSA) is 75.4 Å². The van der Waals surface area contributed by atoms with Crippen molar-refractivity contribution in [2.75, 3.05) is 25.0 Å². The monoisotopic (exact) mass is 329 g/mol. The number of carbonyl (C=O) groups is 1. The van der Waals surface area contributed by atoms with E-state index in [0.29, 0.717) is 11.5 Å². The number of rotatable bonds is 3. The van der Waals surface area contributed by atoms with Crippen LogP contribution in [0.25, 0.3) is 0 Å². The quantitative estimate of drug-likeness (QED) is 0.858. The lowest BCUT2D eigenvalue weighted by Crippen LogP contribution is -2.60. The zero-order chi connectivity index (χ0) is 17.5. The maximum Gasteiger partial charge on any atom is 0.276 e. The Morgan fingerprint density at radius 2 is 2.00 bits per heavy atom. The number of amides is 1. The lowest BCUT2D eigenvalue weighted by molar-refractivity contribution is 0.0694. The van der Waals surface area contributed by atoms with Crippen LogP contribution < -0.4 is 4.90 Å². The molecule has 0 unspecified atom stereocenters. The Hall–Kier alpha value is -2.44. The molecule has 1 fully saturated rings. The van der Waals surface area contributed by atoms with Crippen LogP contribution in [-0.2, 0) is 5.41 Å². The summed E-state index contributed by atoms with van der Waals surface area (Å²) in [4.78, 5) is 16.2. The summed E-state index contributed by atoms with van der Waals surface area (Å²) in [5, 5.41) is 12.4. The van der Waals surface area contributed by atoms with Crippen LogP contribution in [-0.4, -0.2) is 52.3 Å². The maximum atomic E-state index is 12.3. The molecule has 0 aromatic carbocycles. The van der Waals surface area contributed by atoms with E-state index < -0.39 is 0 Å². The number of hydrogen-bond acceptors (Lipinski definition) is 6. The van der Waals surface area contributed by atoms with E-state index in [4.69, 9.17) is 4.52 Å². The summed E-state index contributed by atoms with van der Waals surface area (Å²) in [5.41, 5.74) is 1.31. The molecule has 3 heterocycles. The van der Waals surface area contributed by atoms with Gasteiger partial charge in [0.05, 0.1) is 11.7 Å². The normalized spacial score (nSPS) is 15.3. The minimum absolute atomic E-state index is 0.00856. The third-order valence-corrected chi connectivity index (χ3v) is 4.32. The van der Waals surface area contributed by atoms with Crippen LogP contribution in [0.3, 0.4) is 0 Å². The summed E-state index contributed by atoms with van der Waals surface area (Å²) in [6, 6.07) is 5.81. The number of aromatic nitrogens is 3. The average Bonchev–Trinajstić information content (AvgIpc) is 2.91. The molecule has 2 aromatic rings. The summed E-state index contributed by atoms with van der Waals surface area (Å²) in [7, 11) is 1.79. The molecule has 0 bridgehead atoms. The van der Waals surface area contributed by atoms with Crippen molar-refractivity contribution in [3.63, 3.8) is 0 Å². The molecular weight excluding hydrogens is 306 g/mol. The van der Waals surface area contributed by atoms with Crippen molar-refractivity contribution in [2.45, 2.75) is 39.2 Å². The van der Waals surface area contributed by atoms with Crippen LogP contribution in [0.2, 0.25) is 0 Å². The summed E-state index contributed by atoms with van der Waals surface area (Å²) in [6.45, 7) is 9.59. The SMILES string of the molecule is Cc1cc(C(=O)N(C)C2CN(c3ccc(C(C)(C)C)nn3)C2)no1. The predicted molar refractivity (Wildman–Crippen MR) is 90.1 cm³/mol. The third-order valence-electron chi connectivity index (χ3n) is 4.32. The highest BCUT2D eigenvalue weighted by molar-refractivity contribution is 5.92. The molecule has 2 aromatic heterocycles. The van der Waals surface area contributed by atoms with Crippen molar-refractivity contribution < 1.29 is 9.32 Å². The van der Waals surface area contributed by atoms with Crippen LogP contribution in [0.5, 0.6) is 0 Å². The van der Waals surface area contributed by atoms with Gasteiger partial charge in [-0.2, -0.15) is 5.10 Å². The highest BCUT2D eigenvalue weighted by Crippen LogP contribution is 2.24. The molecule has 0 N–H and O–H groups in total. The van der Waals surface area contributed by atoms with E-state index in [0.717, 1.165) is 24.6 Å². The van der Waals surface area contributed by atoms with Crippen LogP contribution in [0.15, 0.2) is 22.7 Å². The molecule has 0 radical (unpaired) electrons. The van der Waals surface area contributed by atoms with Gasteiger partial charge in [0.1, 0.15) is 5.76 Å². The number of nitrogens with zero attached hydrogens (tertiary/aromatic N) is 5. The average molecular weight is 329 g/mol. The van der Waals surface area contributed by atoms with E-state index in [1.54, 1.807) is 24.9 Å². The smallest absolute Gasteiger partial charge is 0.276 e. The predicted octanol–water partition coefficient (Wildman–Crippen LogP) is 2.03. The first-order valence-electron chi connectivity index (χ1n) is 8.05. The molecule has 1 aliphatic rings. The van der Waals surface area contributed by atoms with Gasteiger partial charge in [-0.1, -0.05) is 25.9 Å². The Balaban J connectivity index is 1.59. The molecule has 7 heteroatoms. The first kappa shape index (κ1) is 16.4. The van der Waals surface area contributed by atoms with Gasteiger partial charge in [-0.15, -0.1) is 5.10 Å². The van der Waals surface area contributed by atoms with E-state index in [2.05, 4.69) is 41.0 Å². The molecule has 7 nitrogen and oxygen atoms in total. The van der Waals surface area contributed by atoms with Gasteiger partial charge in [0.15, 0.2) is 11.5 Å². The van der Waals surface area contributed by atoms with E-state index in [9.17, 15) is 4.79 Å². The minimum Gasteiger partial charge on any atom is -0.361 e. The van der Waals surface area contributed by atoms with Gasteiger partial charge >= 0.3 is 0 Å². The summed E-state index contributed by atoms with van der Waals surface area (Å²) >= 11 is 0. The highest BCUT2D eigenvalue weighted by Gasteiger charge is 2.34. The second kappa shape index (κ2) is 5.89. The minimum atomic E-state index is -0.120. The molecule has 24 heavy (non-hydrogen) atoms. The lowest BCUT2D eigenvalue weighted by atomic mass is 9.92. The van der Waals surface area contributed by atoms with Crippen molar-refractivity contribution >= 4 is 11.7 Å².